The number of aryl methyl sites for hydroxylation is 2. The molecule has 1 aliphatic rings. The van der Waals surface area contributed by atoms with E-state index in [0.29, 0.717) is 11.5 Å². The first-order chi connectivity index (χ1) is 14.1. The second kappa shape index (κ2) is 14.7. The molecule has 0 radical (unpaired) electrons. The van der Waals surface area contributed by atoms with E-state index >= 15 is 0 Å². The molecule has 0 spiro atoms. The topological polar surface area (TPSA) is 84.0 Å². The van der Waals surface area contributed by atoms with E-state index in [1.54, 1.807) is 6.92 Å². The highest BCUT2D eigenvalue weighted by Gasteiger charge is 2.19. The van der Waals surface area contributed by atoms with E-state index in [1.165, 1.54) is 0 Å². The number of anilines is 1. The molecule has 1 saturated heterocycles. The van der Waals surface area contributed by atoms with Crippen LogP contribution in [0.3, 0.4) is 0 Å². The molecule has 1 unspecified atom stereocenters. The van der Waals surface area contributed by atoms with E-state index in [4.69, 9.17) is 19.7 Å². The molecule has 0 aliphatic carbocycles. The van der Waals surface area contributed by atoms with Crippen LogP contribution < -0.4 is 5.32 Å². The highest BCUT2D eigenvalue weighted by Crippen LogP contribution is 2.28. The minimum Gasteiger partial charge on any atom is -0.361 e. The summed E-state index contributed by atoms with van der Waals surface area (Å²) < 4.78 is 11.0. The molecule has 0 bridgehead atoms. The average Bonchev–Trinajstić information content (AvgIpc) is 3.11. The fourth-order valence-corrected chi connectivity index (χ4v) is 2.87. The number of rotatable bonds is 4. The molecule has 2 aromatic rings. The van der Waals surface area contributed by atoms with E-state index < -0.39 is 0 Å². The molecule has 3 rings (SSSR count). The predicted molar refractivity (Wildman–Crippen MR) is 123 cm³/mol. The first kappa shape index (κ1) is 26.8. The standard InChI is InChI=1S/C17H22N4O2.3C2H6/c1-10(18)13-7-8-14(16-11(2)21-23-12(16)3)19-17(13)20-15-6-4-5-9-22-15;3*1-2/h7-8,15,18H,4-6,9H2,1-3H3,(H,19,20);3*1-2H3. The lowest BCUT2D eigenvalue weighted by atomic mass is 10.1. The zero-order chi connectivity index (χ0) is 22.4. The van der Waals surface area contributed by atoms with Crippen molar-refractivity contribution in [3.8, 4) is 11.3 Å². The van der Waals surface area contributed by atoms with Crippen molar-refractivity contribution in [2.45, 2.75) is 87.8 Å². The van der Waals surface area contributed by atoms with Gasteiger partial charge in [-0.15, -0.1) is 0 Å². The molecule has 29 heavy (non-hydrogen) atoms. The van der Waals surface area contributed by atoms with Gasteiger partial charge in [0, 0.05) is 17.9 Å². The fourth-order valence-electron chi connectivity index (χ4n) is 2.87. The highest BCUT2D eigenvalue weighted by atomic mass is 16.5. The van der Waals surface area contributed by atoms with Gasteiger partial charge in [-0.1, -0.05) is 46.7 Å². The van der Waals surface area contributed by atoms with E-state index in [-0.39, 0.29) is 6.23 Å². The smallest absolute Gasteiger partial charge is 0.143 e. The van der Waals surface area contributed by atoms with Crippen molar-refractivity contribution in [1.29, 1.82) is 5.41 Å². The number of hydrogen-bond acceptors (Lipinski definition) is 6. The summed E-state index contributed by atoms with van der Waals surface area (Å²) in [6.45, 7) is 18.3. The Labute approximate surface area is 177 Å². The van der Waals surface area contributed by atoms with Crippen LogP contribution in [0.25, 0.3) is 11.3 Å². The van der Waals surface area contributed by atoms with Gasteiger partial charge in [0.1, 0.15) is 17.8 Å². The number of hydrogen-bond donors (Lipinski definition) is 2. The van der Waals surface area contributed by atoms with Crippen molar-refractivity contribution >= 4 is 11.5 Å². The maximum Gasteiger partial charge on any atom is 0.143 e. The van der Waals surface area contributed by atoms with Crippen LogP contribution in [0.15, 0.2) is 16.7 Å². The van der Waals surface area contributed by atoms with E-state index in [9.17, 15) is 0 Å². The Hall–Kier alpha value is -2.21. The van der Waals surface area contributed by atoms with Crippen LogP contribution >= 0.6 is 0 Å². The molecule has 1 atom stereocenters. The van der Waals surface area contributed by atoms with Crippen LogP contribution in [0.5, 0.6) is 0 Å². The van der Waals surface area contributed by atoms with E-state index in [1.807, 2.05) is 67.5 Å². The van der Waals surface area contributed by atoms with Crippen molar-refractivity contribution in [3.63, 3.8) is 0 Å². The molecule has 2 N–H and O–H groups in total. The predicted octanol–water partition coefficient (Wildman–Crippen LogP) is 6.76. The summed E-state index contributed by atoms with van der Waals surface area (Å²) in [5.74, 6) is 1.43. The van der Waals surface area contributed by atoms with Crippen molar-refractivity contribution < 1.29 is 9.26 Å². The molecular formula is C23H40N4O2. The Bertz CT molecular complexity index is 700. The second-order valence-corrected chi connectivity index (χ2v) is 5.92. The summed E-state index contributed by atoms with van der Waals surface area (Å²) in [5.41, 5.74) is 3.78. The van der Waals surface area contributed by atoms with Crippen molar-refractivity contribution in [1.82, 2.24) is 10.1 Å². The van der Waals surface area contributed by atoms with E-state index in [0.717, 1.165) is 54.1 Å². The zero-order valence-corrected chi connectivity index (χ0v) is 19.8. The van der Waals surface area contributed by atoms with Crippen LogP contribution in [-0.2, 0) is 4.74 Å². The second-order valence-electron chi connectivity index (χ2n) is 5.92. The first-order valence-corrected chi connectivity index (χ1v) is 10.9. The lowest BCUT2D eigenvalue weighted by Crippen LogP contribution is -2.28. The Morgan fingerprint density at radius 2 is 1.72 bits per heavy atom. The third-order valence-corrected chi connectivity index (χ3v) is 4.07. The number of nitrogens with one attached hydrogen (secondary N) is 2. The SMILES string of the molecule is CC.CC.CC.CC(=N)c1ccc(-c2c(C)noc2C)nc1NC1CCCCO1. The van der Waals surface area contributed by atoms with Gasteiger partial charge in [0.15, 0.2) is 0 Å². The molecule has 3 heterocycles. The highest BCUT2D eigenvalue weighted by molar-refractivity contribution is 6.01. The lowest BCUT2D eigenvalue weighted by molar-refractivity contribution is 0.0341. The summed E-state index contributed by atoms with van der Waals surface area (Å²) in [6.07, 6.45) is 3.14. The van der Waals surface area contributed by atoms with Crippen molar-refractivity contribution in [2.24, 2.45) is 0 Å². The Morgan fingerprint density at radius 1 is 1.07 bits per heavy atom. The number of ether oxygens (including phenoxy) is 1. The maximum absolute atomic E-state index is 7.97. The maximum atomic E-state index is 7.97. The van der Waals surface area contributed by atoms with Gasteiger partial charge < -0.3 is 20.0 Å². The number of nitrogens with zero attached hydrogens (tertiary/aromatic N) is 2. The molecule has 1 fully saturated rings. The Kier molecular flexibility index (Phi) is 13.6. The molecule has 164 valence electrons. The summed E-state index contributed by atoms with van der Waals surface area (Å²) in [5, 5.41) is 15.3. The molecule has 2 aromatic heterocycles. The third kappa shape index (κ3) is 7.61. The number of pyridine rings is 1. The van der Waals surface area contributed by atoms with Gasteiger partial charge in [-0.3, -0.25) is 0 Å². The minimum atomic E-state index is -0.0470. The summed E-state index contributed by atoms with van der Waals surface area (Å²) in [4.78, 5) is 4.72. The molecule has 1 aliphatic heterocycles. The molecule has 6 nitrogen and oxygen atoms in total. The van der Waals surface area contributed by atoms with Crippen molar-refractivity contribution in [3.05, 3.63) is 29.2 Å². The van der Waals surface area contributed by atoms with Gasteiger partial charge in [0.2, 0.25) is 0 Å². The van der Waals surface area contributed by atoms with Crippen LogP contribution in [0.2, 0.25) is 0 Å². The summed E-state index contributed by atoms with van der Waals surface area (Å²) >= 11 is 0. The van der Waals surface area contributed by atoms with Crippen LogP contribution in [0.4, 0.5) is 5.82 Å². The minimum absolute atomic E-state index is 0.0470. The van der Waals surface area contributed by atoms with Gasteiger partial charge in [0.05, 0.1) is 17.0 Å². The monoisotopic (exact) mass is 404 g/mol. The van der Waals surface area contributed by atoms with Gasteiger partial charge in [-0.2, -0.15) is 0 Å². The van der Waals surface area contributed by atoms with Crippen molar-refractivity contribution in [2.75, 3.05) is 11.9 Å². The Morgan fingerprint density at radius 3 is 2.21 bits per heavy atom. The molecular weight excluding hydrogens is 364 g/mol. The zero-order valence-electron chi connectivity index (χ0n) is 19.8. The van der Waals surface area contributed by atoms with Gasteiger partial charge in [-0.05, 0) is 52.2 Å². The van der Waals surface area contributed by atoms with Gasteiger partial charge in [-0.25, -0.2) is 4.98 Å². The Balaban J connectivity index is 0.00000120. The fraction of sp³-hybridized carbons (Fsp3) is 0.609. The largest absolute Gasteiger partial charge is 0.361 e. The van der Waals surface area contributed by atoms with Crippen LogP contribution in [-0.4, -0.2) is 28.7 Å². The summed E-state index contributed by atoms with van der Waals surface area (Å²) in [6, 6.07) is 3.83. The average molecular weight is 405 g/mol. The molecule has 6 heteroatoms. The van der Waals surface area contributed by atoms with E-state index in [2.05, 4.69) is 10.5 Å². The summed E-state index contributed by atoms with van der Waals surface area (Å²) in [7, 11) is 0. The van der Waals surface area contributed by atoms with Gasteiger partial charge in [0.25, 0.3) is 0 Å². The normalized spacial score (nSPS) is 14.9. The quantitative estimate of drug-likeness (QED) is 0.550. The van der Waals surface area contributed by atoms with Gasteiger partial charge >= 0.3 is 0 Å². The molecule has 0 amide bonds. The third-order valence-electron chi connectivity index (χ3n) is 4.07. The first-order valence-electron chi connectivity index (χ1n) is 10.9. The van der Waals surface area contributed by atoms with Crippen LogP contribution in [0, 0.1) is 19.3 Å². The molecule has 0 saturated carbocycles. The van der Waals surface area contributed by atoms with Crippen LogP contribution in [0.1, 0.15) is 84.7 Å². The lowest BCUT2D eigenvalue weighted by Gasteiger charge is -2.25. The molecule has 0 aromatic carbocycles. The number of aromatic nitrogens is 2.